The van der Waals surface area contributed by atoms with E-state index < -0.39 is 0 Å². The number of hydrogen-bond acceptors (Lipinski definition) is 2. The molecule has 0 bridgehead atoms. The molecule has 1 atom stereocenters. The summed E-state index contributed by atoms with van der Waals surface area (Å²) in [5.41, 5.74) is 0.569. The summed E-state index contributed by atoms with van der Waals surface area (Å²) in [5.74, 6) is 0. The van der Waals surface area contributed by atoms with Crippen molar-refractivity contribution in [2.45, 2.75) is 0 Å². The highest BCUT2D eigenvalue weighted by atomic mass is 31.0. The van der Waals surface area contributed by atoms with Crippen molar-refractivity contribution in [3.63, 3.8) is 0 Å². The molecule has 0 aliphatic rings. The van der Waals surface area contributed by atoms with Gasteiger partial charge >= 0.3 is 0 Å². The second-order valence-corrected chi connectivity index (χ2v) is 1.10. The molecule has 0 aromatic carbocycles. The van der Waals surface area contributed by atoms with E-state index in [9.17, 15) is 0 Å². The largest absolute Gasteiger partial charge is 0.284 e. The van der Waals surface area contributed by atoms with Crippen LogP contribution >= 0.6 is 9.24 Å². The number of rotatable bonds is 0. The lowest BCUT2D eigenvalue weighted by atomic mass is 10.4. The molecule has 0 spiro atoms. The standard InChI is InChI=1S/C4H3N3.CH5P/c5-1-4-2-6-7-3-4;1-2/h2-3H,(H,6,7);2H2,1H3. The molecule has 0 radical (unpaired) electrons. The Morgan fingerprint density at radius 2 is 2.44 bits per heavy atom. The maximum atomic E-state index is 8.12. The van der Waals surface area contributed by atoms with Gasteiger partial charge in [-0.25, -0.2) is 0 Å². The van der Waals surface area contributed by atoms with Crippen LogP contribution in [0.1, 0.15) is 5.56 Å². The highest BCUT2D eigenvalue weighted by molar-refractivity contribution is 7.15. The summed E-state index contributed by atoms with van der Waals surface area (Å²) < 4.78 is 0. The zero-order valence-electron chi connectivity index (χ0n) is 5.13. The van der Waals surface area contributed by atoms with E-state index in [2.05, 4.69) is 19.4 Å². The fraction of sp³-hybridized carbons (Fsp3) is 0.200. The van der Waals surface area contributed by atoms with Gasteiger partial charge < -0.3 is 0 Å². The van der Waals surface area contributed by atoms with Crippen LogP contribution in [0.15, 0.2) is 12.4 Å². The molecular formula is C5H8N3P. The first-order valence-corrected chi connectivity index (χ1v) is 3.55. The van der Waals surface area contributed by atoms with Gasteiger partial charge in [-0.15, -0.1) is 9.24 Å². The van der Waals surface area contributed by atoms with Crippen LogP contribution in [0, 0.1) is 11.3 Å². The van der Waals surface area contributed by atoms with Crippen LogP contribution in [0.4, 0.5) is 0 Å². The molecule has 0 fully saturated rings. The van der Waals surface area contributed by atoms with Crippen molar-refractivity contribution < 1.29 is 0 Å². The Hall–Kier alpha value is -0.870. The fourth-order valence-corrected chi connectivity index (χ4v) is 0.312. The minimum absolute atomic E-state index is 0.569. The van der Waals surface area contributed by atoms with Crippen LogP contribution in [0.25, 0.3) is 0 Å². The lowest BCUT2D eigenvalue weighted by Crippen LogP contribution is -1.56. The summed E-state index contributed by atoms with van der Waals surface area (Å²) >= 11 is 0. The van der Waals surface area contributed by atoms with Gasteiger partial charge in [-0.05, 0) is 0 Å². The third kappa shape index (κ3) is 2.84. The van der Waals surface area contributed by atoms with Crippen LogP contribution in [-0.2, 0) is 0 Å². The molecule has 1 aromatic rings. The summed E-state index contributed by atoms with van der Waals surface area (Å²) in [6.07, 6.45) is 3.01. The Morgan fingerprint density at radius 1 is 1.78 bits per heavy atom. The number of hydrogen-bond donors (Lipinski definition) is 1. The first-order chi connectivity index (χ1) is 4.43. The number of nitrogens with zero attached hydrogens (tertiary/aromatic N) is 2. The van der Waals surface area contributed by atoms with Crippen molar-refractivity contribution in [2.75, 3.05) is 6.66 Å². The Labute approximate surface area is 56.3 Å². The molecule has 0 aliphatic heterocycles. The van der Waals surface area contributed by atoms with E-state index in [0.29, 0.717) is 5.56 Å². The van der Waals surface area contributed by atoms with Gasteiger partial charge in [0.15, 0.2) is 0 Å². The summed E-state index contributed by atoms with van der Waals surface area (Å²) in [4.78, 5) is 0. The minimum atomic E-state index is 0.569. The number of aromatic amines is 1. The summed E-state index contributed by atoms with van der Waals surface area (Å²) in [5, 5.41) is 14.2. The summed E-state index contributed by atoms with van der Waals surface area (Å²) in [7, 11) is 2.42. The predicted octanol–water partition coefficient (Wildman–Crippen LogP) is 0.773. The lowest BCUT2D eigenvalue weighted by molar-refractivity contribution is 1.09. The molecule has 1 rings (SSSR count). The van der Waals surface area contributed by atoms with Gasteiger partial charge in [-0.1, -0.05) is 6.66 Å². The van der Waals surface area contributed by atoms with Crippen LogP contribution < -0.4 is 0 Å². The summed E-state index contributed by atoms with van der Waals surface area (Å²) in [6, 6.07) is 1.91. The van der Waals surface area contributed by atoms with E-state index >= 15 is 0 Å². The van der Waals surface area contributed by atoms with Gasteiger partial charge in [-0.3, -0.25) is 5.10 Å². The maximum absolute atomic E-state index is 8.12. The van der Waals surface area contributed by atoms with Crippen molar-refractivity contribution in [1.82, 2.24) is 10.2 Å². The zero-order chi connectivity index (χ0) is 7.11. The number of nitriles is 1. The fourth-order valence-electron chi connectivity index (χ4n) is 0.312. The van der Waals surface area contributed by atoms with Gasteiger partial charge in [0.1, 0.15) is 6.07 Å². The van der Waals surface area contributed by atoms with E-state index in [1.807, 2.05) is 12.7 Å². The molecule has 1 heterocycles. The molecule has 3 nitrogen and oxygen atoms in total. The van der Waals surface area contributed by atoms with E-state index in [1.165, 1.54) is 6.20 Å². The van der Waals surface area contributed by atoms with Crippen molar-refractivity contribution in [2.24, 2.45) is 0 Å². The molecule has 1 unspecified atom stereocenters. The molecule has 9 heavy (non-hydrogen) atoms. The molecule has 1 aromatic heterocycles. The topological polar surface area (TPSA) is 52.5 Å². The normalized spacial score (nSPS) is 6.78. The van der Waals surface area contributed by atoms with E-state index in [4.69, 9.17) is 5.26 Å². The number of aromatic nitrogens is 2. The van der Waals surface area contributed by atoms with Crippen molar-refractivity contribution >= 4 is 9.24 Å². The van der Waals surface area contributed by atoms with Crippen LogP contribution in [-0.4, -0.2) is 16.9 Å². The third-order valence-electron chi connectivity index (χ3n) is 0.627. The first-order valence-electron chi connectivity index (χ1n) is 2.40. The van der Waals surface area contributed by atoms with E-state index in [-0.39, 0.29) is 0 Å². The van der Waals surface area contributed by atoms with E-state index in [0.717, 1.165) is 0 Å². The second-order valence-electron chi connectivity index (χ2n) is 1.10. The Kier molecular flexibility index (Phi) is 4.76. The van der Waals surface area contributed by atoms with Crippen LogP contribution in [0.3, 0.4) is 0 Å². The van der Waals surface area contributed by atoms with Gasteiger partial charge in [0.2, 0.25) is 0 Å². The smallest absolute Gasteiger partial charge is 0.102 e. The van der Waals surface area contributed by atoms with Gasteiger partial charge in [0, 0.05) is 6.20 Å². The number of nitrogens with one attached hydrogen (secondary N) is 1. The molecule has 1 N–H and O–H groups in total. The SMILES string of the molecule is CP.N#Cc1cn[nH]c1. The zero-order valence-corrected chi connectivity index (χ0v) is 6.28. The van der Waals surface area contributed by atoms with E-state index in [1.54, 1.807) is 6.20 Å². The predicted molar refractivity (Wildman–Crippen MR) is 38.9 cm³/mol. The maximum Gasteiger partial charge on any atom is 0.102 e. The Morgan fingerprint density at radius 3 is 2.67 bits per heavy atom. The van der Waals surface area contributed by atoms with Gasteiger partial charge in [-0.2, -0.15) is 10.4 Å². The van der Waals surface area contributed by atoms with Crippen molar-refractivity contribution in [3.8, 4) is 6.07 Å². The minimum Gasteiger partial charge on any atom is -0.284 e. The Bertz CT molecular complexity index is 175. The van der Waals surface area contributed by atoms with Gasteiger partial charge in [0.05, 0.1) is 11.8 Å². The van der Waals surface area contributed by atoms with Crippen molar-refractivity contribution in [3.05, 3.63) is 18.0 Å². The average molecular weight is 141 g/mol. The molecular weight excluding hydrogens is 133 g/mol. The molecule has 0 saturated carbocycles. The highest BCUT2D eigenvalue weighted by Gasteiger charge is 1.82. The van der Waals surface area contributed by atoms with Crippen LogP contribution in [0.5, 0.6) is 0 Å². The lowest BCUT2D eigenvalue weighted by Gasteiger charge is -1.59. The van der Waals surface area contributed by atoms with Crippen LogP contribution in [0.2, 0.25) is 0 Å². The van der Waals surface area contributed by atoms with Gasteiger partial charge in [0.25, 0.3) is 0 Å². The second kappa shape index (κ2) is 5.27. The summed E-state index contributed by atoms with van der Waals surface area (Å²) in [6.45, 7) is 1.92. The highest BCUT2D eigenvalue weighted by Crippen LogP contribution is 1.85. The molecule has 0 amide bonds. The molecule has 0 saturated heterocycles. The first kappa shape index (κ1) is 8.13. The Balaban J connectivity index is 0.000000291. The quantitative estimate of drug-likeness (QED) is 0.542. The molecule has 4 heteroatoms. The molecule has 48 valence electrons. The third-order valence-corrected chi connectivity index (χ3v) is 0.627. The number of H-pyrrole nitrogens is 1. The molecule has 0 aliphatic carbocycles. The van der Waals surface area contributed by atoms with Crippen molar-refractivity contribution in [1.29, 1.82) is 5.26 Å². The monoisotopic (exact) mass is 141 g/mol. The average Bonchev–Trinajstić information content (AvgIpc) is 2.43.